The minimum atomic E-state index is -0.441. The molecule has 2 amide bonds. The zero-order chi connectivity index (χ0) is 14.8. The van der Waals surface area contributed by atoms with Gasteiger partial charge in [0.25, 0.3) is 5.56 Å². The number of hydrogen-bond acceptors (Lipinski definition) is 5. The third-order valence-corrected chi connectivity index (χ3v) is 4.00. The second-order valence-electron chi connectivity index (χ2n) is 4.81. The van der Waals surface area contributed by atoms with E-state index in [1.54, 1.807) is 6.20 Å². The van der Waals surface area contributed by atoms with Crippen LogP contribution in [0.1, 0.15) is 24.5 Å². The molecule has 0 aliphatic heterocycles. The molecule has 3 rings (SSSR count). The van der Waals surface area contributed by atoms with Crippen molar-refractivity contribution < 1.29 is 4.79 Å². The van der Waals surface area contributed by atoms with Gasteiger partial charge in [-0.3, -0.25) is 14.2 Å². The number of carbonyl (C=O) groups is 1. The number of aromatic amines is 1. The fourth-order valence-electron chi connectivity index (χ4n) is 1.91. The Morgan fingerprint density at radius 1 is 1.43 bits per heavy atom. The summed E-state index contributed by atoms with van der Waals surface area (Å²) in [6.07, 6.45) is 4.15. The summed E-state index contributed by atoms with van der Waals surface area (Å²) in [6.45, 7) is 0. The summed E-state index contributed by atoms with van der Waals surface area (Å²) in [5.74, 6) is 0.604. The van der Waals surface area contributed by atoms with E-state index >= 15 is 0 Å². The van der Waals surface area contributed by atoms with Gasteiger partial charge in [-0.2, -0.15) is 0 Å². The van der Waals surface area contributed by atoms with Gasteiger partial charge in [-0.15, -0.1) is 0 Å². The molecule has 0 radical (unpaired) electrons. The number of nitrogens with zero attached hydrogens (tertiary/aromatic N) is 1. The van der Waals surface area contributed by atoms with Gasteiger partial charge in [-0.1, -0.05) is 0 Å². The van der Waals surface area contributed by atoms with Gasteiger partial charge >= 0.3 is 6.03 Å². The molecular formula is C13H15N5O2S. The summed E-state index contributed by atoms with van der Waals surface area (Å²) >= 11 is 1.13. The minimum Gasteiger partial charge on any atom is -0.343 e. The highest BCUT2D eigenvalue weighted by Crippen LogP contribution is 2.39. The molecule has 0 unspecified atom stereocenters. The van der Waals surface area contributed by atoms with Crippen molar-refractivity contribution in [3.8, 4) is 0 Å². The van der Waals surface area contributed by atoms with E-state index in [-0.39, 0.29) is 11.2 Å². The maximum absolute atomic E-state index is 11.7. The van der Waals surface area contributed by atoms with Crippen molar-refractivity contribution in [1.82, 2.24) is 14.7 Å². The number of nitrogens with one attached hydrogen (secondary N) is 4. The number of pyridine rings is 1. The van der Waals surface area contributed by atoms with Gasteiger partial charge < -0.3 is 16.0 Å². The molecule has 8 heteroatoms. The Bertz CT molecular complexity index is 702. The van der Waals surface area contributed by atoms with E-state index in [4.69, 9.17) is 0 Å². The summed E-state index contributed by atoms with van der Waals surface area (Å²) in [7, 11) is 1.49. The molecule has 2 aromatic rings. The first-order valence-electron chi connectivity index (χ1n) is 6.60. The first kappa shape index (κ1) is 13.6. The molecule has 110 valence electrons. The minimum absolute atomic E-state index is 0.200. The van der Waals surface area contributed by atoms with E-state index < -0.39 is 6.03 Å². The number of rotatable bonds is 4. The predicted molar refractivity (Wildman–Crippen MR) is 82.5 cm³/mol. The topological polar surface area (TPSA) is 98.9 Å². The lowest BCUT2D eigenvalue weighted by atomic mass is 10.2. The molecule has 0 saturated heterocycles. The molecule has 1 aliphatic carbocycles. The summed E-state index contributed by atoms with van der Waals surface area (Å²) < 4.78 is 2.59. The van der Waals surface area contributed by atoms with E-state index in [1.807, 2.05) is 12.1 Å². The quantitative estimate of drug-likeness (QED) is 0.696. The van der Waals surface area contributed by atoms with Crippen LogP contribution in [0.25, 0.3) is 0 Å². The molecule has 1 fully saturated rings. The summed E-state index contributed by atoms with van der Waals surface area (Å²) in [5, 5.41) is 8.55. The highest BCUT2D eigenvalue weighted by molar-refractivity contribution is 7.11. The normalized spacial score (nSPS) is 13.8. The van der Waals surface area contributed by atoms with Crippen LogP contribution in [0.15, 0.2) is 23.1 Å². The summed E-state index contributed by atoms with van der Waals surface area (Å²) in [5.41, 5.74) is 1.74. The summed E-state index contributed by atoms with van der Waals surface area (Å²) in [4.78, 5) is 27.4. The van der Waals surface area contributed by atoms with Gasteiger partial charge in [0.15, 0.2) is 0 Å². The molecule has 0 bridgehead atoms. The Labute approximate surface area is 125 Å². The molecule has 0 spiro atoms. The van der Waals surface area contributed by atoms with Crippen molar-refractivity contribution >= 4 is 33.9 Å². The first-order chi connectivity index (χ1) is 10.2. The third kappa shape index (κ3) is 3.05. The molecule has 0 atom stereocenters. The lowest BCUT2D eigenvalue weighted by Crippen LogP contribution is -2.27. The average Bonchev–Trinajstić information content (AvgIpc) is 3.29. The molecule has 1 aliphatic rings. The maximum Gasteiger partial charge on any atom is 0.319 e. The monoisotopic (exact) mass is 305 g/mol. The highest BCUT2D eigenvalue weighted by atomic mass is 32.1. The van der Waals surface area contributed by atoms with Gasteiger partial charge in [0.2, 0.25) is 0 Å². The number of hydrogen-bond donors (Lipinski definition) is 4. The molecule has 1 saturated carbocycles. The smallest absolute Gasteiger partial charge is 0.319 e. The Kier molecular flexibility index (Phi) is 3.61. The zero-order valence-corrected chi connectivity index (χ0v) is 12.2. The predicted octanol–water partition coefficient (Wildman–Crippen LogP) is 2.20. The number of urea groups is 1. The molecule has 4 N–H and O–H groups in total. The van der Waals surface area contributed by atoms with Crippen LogP contribution < -0.4 is 21.5 Å². The molecule has 7 nitrogen and oxygen atoms in total. The first-order valence-corrected chi connectivity index (χ1v) is 7.42. The van der Waals surface area contributed by atoms with Crippen LogP contribution in [-0.2, 0) is 0 Å². The third-order valence-electron chi connectivity index (χ3n) is 3.21. The van der Waals surface area contributed by atoms with E-state index in [1.165, 1.54) is 19.9 Å². The number of carbonyl (C=O) groups excluding carboxylic acids is 1. The number of amides is 2. The Hall–Kier alpha value is -2.35. The van der Waals surface area contributed by atoms with E-state index in [2.05, 4.69) is 25.3 Å². The second kappa shape index (κ2) is 5.57. The zero-order valence-electron chi connectivity index (χ0n) is 11.4. The molecular weight excluding hydrogens is 290 g/mol. The van der Waals surface area contributed by atoms with E-state index in [0.717, 1.165) is 22.9 Å². The molecule has 0 aromatic carbocycles. The average molecular weight is 305 g/mol. The number of aromatic nitrogens is 2. The van der Waals surface area contributed by atoms with Crippen LogP contribution in [0.5, 0.6) is 0 Å². The molecule has 21 heavy (non-hydrogen) atoms. The second-order valence-corrected chi connectivity index (χ2v) is 5.63. The Morgan fingerprint density at radius 2 is 2.24 bits per heavy atom. The van der Waals surface area contributed by atoms with Gasteiger partial charge in [0, 0.05) is 18.7 Å². The van der Waals surface area contributed by atoms with Crippen LogP contribution in [0.3, 0.4) is 0 Å². The van der Waals surface area contributed by atoms with Crippen molar-refractivity contribution in [2.75, 3.05) is 17.7 Å². The van der Waals surface area contributed by atoms with Crippen molar-refractivity contribution in [2.45, 2.75) is 18.8 Å². The van der Waals surface area contributed by atoms with Crippen molar-refractivity contribution in [1.29, 1.82) is 0 Å². The van der Waals surface area contributed by atoms with Crippen molar-refractivity contribution in [2.24, 2.45) is 0 Å². The highest BCUT2D eigenvalue weighted by Gasteiger charge is 2.24. The summed E-state index contributed by atoms with van der Waals surface area (Å²) in [6, 6.07) is 3.47. The van der Waals surface area contributed by atoms with Crippen LogP contribution in [0, 0.1) is 0 Å². The fourth-order valence-corrected chi connectivity index (χ4v) is 2.62. The van der Waals surface area contributed by atoms with E-state index in [9.17, 15) is 9.59 Å². The van der Waals surface area contributed by atoms with Crippen LogP contribution in [-0.4, -0.2) is 22.4 Å². The molecule has 2 heterocycles. The van der Waals surface area contributed by atoms with Gasteiger partial charge in [-0.25, -0.2) is 4.79 Å². The lowest BCUT2D eigenvalue weighted by Gasteiger charge is -2.07. The SMILES string of the molecule is CNC(=O)Nc1c(Nc2ccc(C3CC3)nc2)s[nH]c1=O. The lowest BCUT2D eigenvalue weighted by molar-refractivity contribution is 0.254. The van der Waals surface area contributed by atoms with Crippen LogP contribution >= 0.6 is 11.5 Å². The maximum atomic E-state index is 11.7. The fraction of sp³-hybridized carbons (Fsp3) is 0.308. The van der Waals surface area contributed by atoms with Crippen LogP contribution in [0.2, 0.25) is 0 Å². The standard InChI is InChI=1S/C13H15N5O2S/c1-14-13(20)17-10-11(19)18-21-12(10)16-8-4-5-9(15-6-8)7-2-3-7/h4-7,16H,2-3H2,1H3,(H,18,19)(H2,14,17,20). The Balaban J connectivity index is 1.77. The van der Waals surface area contributed by atoms with Crippen molar-refractivity contribution in [3.05, 3.63) is 34.4 Å². The van der Waals surface area contributed by atoms with E-state index in [0.29, 0.717) is 10.9 Å². The van der Waals surface area contributed by atoms with Gasteiger partial charge in [0.05, 0.1) is 11.9 Å². The Morgan fingerprint density at radius 3 is 2.86 bits per heavy atom. The molecule has 2 aromatic heterocycles. The number of anilines is 3. The van der Waals surface area contributed by atoms with Crippen molar-refractivity contribution in [3.63, 3.8) is 0 Å². The van der Waals surface area contributed by atoms with Gasteiger partial charge in [-0.05, 0) is 36.5 Å². The van der Waals surface area contributed by atoms with Gasteiger partial charge in [0.1, 0.15) is 10.7 Å². The largest absolute Gasteiger partial charge is 0.343 e. The van der Waals surface area contributed by atoms with Crippen LogP contribution in [0.4, 0.5) is 21.2 Å². The number of H-pyrrole nitrogens is 1.